The minimum absolute atomic E-state index is 0.364. The van der Waals surface area contributed by atoms with E-state index in [0.717, 1.165) is 53.9 Å². The molecule has 3 rings (SSSR count). The molecule has 0 saturated heterocycles. The summed E-state index contributed by atoms with van der Waals surface area (Å²) in [6.45, 7) is 4.42. The topological polar surface area (TPSA) is 37.3 Å². The number of benzene rings is 2. The molecule has 2 heteroatoms. The molecule has 0 bridgehead atoms. The molecule has 1 aliphatic carbocycles. The zero-order valence-electron chi connectivity index (χ0n) is 17.7. The van der Waals surface area contributed by atoms with Crippen molar-refractivity contribution in [2.24, 2.45) is 5.92 Å². The molecule has 0 radical (unpaired) electrons. The first-order chi connectivity index (χ1) is 14.1. The van der Waals surface area contributed by atoms with Crippen LogP contribution in [0.25, 0.3) is 22.8 Å². The molecule has 0 spiro atoms. The SMILES string of the molecule is CCC/C=C/c1ccc(-c2cc(C3=CCC(CCC)CC3)ccc2C(=O)O)cc1. The van der Waals surface area contributed by atoms with E-state index in [4.69, 9.17) is 0 Å². The molecule has 0 amide bonds. The van der Waals surface area contributed by atoms with Gasteiger partial charge in [-0.1, -0.05) is 81.7 Å². The van der Waals surface area contributed by atoms with Crippen LogP contribution in [-0.2, 0) is 0 Å². The lowest BCUT2D eigenvalue weighted by Crippen LogP contribution is -2.06. The third-order valence-corrected chi connectivity index (χ3v) is 5.82. The van der Waals surface area contributed by atoms with Crippen LogP contribution in [0.5, 0.6) is 0 Å². The van der Waals surface area contributed by atoms with Gasteiger partial charge in [-0.2, -0.15) is 0 Å². The van der Waals surface area contributed by atoms with Gasteiger partial charge < -0.3 is 5.11 Å². The van der Waals surface area contributed by atoms with Crippen molar-refractivity contribution in [1.82, 2.24) is 0 Å². The fraction of sp³-hybridized carbons (Fsp3) is 0.370. The first kappa shape index (κ1) is 21.1. The van der Waals surface area contributed by atoms with Crippen molar-refractivity contribution in [2.45, 2.75) is 58.8 Å². The van der Waals surface area contributed by atoms with Crippen LogP contribution in [-0.4, -0.2) is 11.1 Å². The van der Waals surface area contributed by atoms with Gasteiger partial charge in [-0.25, -0.2) is 4.79 Å². The Kier molecular flexibility index (Phi) is 7.46. The maximum absolute atomic E-state index is 11.8. The molecule has 0 aliphatic heterocycles. The second-order valence-electron chi connectivity index (χ2n) is 8.04. The quantitative estimate of drug-likeness (QED) is 0.500. The second-order valence-corrected chi connectivity index (χ2v) is 8.04. The number of allylic oxidation sites excluding steroid dienone is 3. The predicted octanol–water partition coefficient (Wildman–Crippen LogP) is 7.85. The standard InChI is InChI=1S/C27H32O2/c1-3-5-6-8-21-11-15-23(16-12-21)26-19-24(17-18-25(26)27(28)29)22-13-9-20(7-4-2)10-14-22/h6,8,11-13,15-20H,3-5,7,9-10,14H2,1-2H3,(H,28,29)/b8-6+. The van der Waals surface area contributed by atoms with Crippen LogP contribution < -0.4 is 0 Å². The normalized spacial score (nSPS) is 16.8. The lowest BCUT2D eigenvalue weighted by molar-refractivity contribution is 0.0697. The summed E-state index contributed by atoms with van der Waals surface area (Å²) < 4.78 is 0. The Balaban J connectivity index is 1.89. The predicted molar refractivity (Wildman–Crippen MR) is 123 cm³/mol. The molecular formula is C27H32O2. The molecular weight excluding hydrogens is 356 g/mol. The molecule has 29 heavy (non-hydrogen) atoms. The zero-order valence-corrected chi connectivity index (χ0v) is 17.7. The zero-order chi connectivity index (χ0) is 20.6. The van der Waals surface area contributed by atoms with E-state index < -0.39 is 5.97 Å². The monoisotopic (exact) mass is 388 g/mol. The second kappa shape index (κ2) is 10.2. The number of rotatable bonds is 8. The molecule has 0 heterocycles. The van der Waals surface area contributed by atoms with Crippen molar-refractivity contribution in [2.75, 3.05) is 0 Å². The van der Waals surface area contributed by atoms with Crippen LogP contribution in [0.3, 0.4) is 0 Å². The Morgan fingerprint density at radius 1 is 1.07 bits per heavy atom. The fourth-order valence-corrected chi connectivity index (χ4v) is 4.15. The largest absolute Gasteiger partial charge is 0.478 e. The summed E-state index contributed by atoms with van der Waals surface area (Å²) in [4.78, 5) is 11.8. The molecule has 1 N–H and O–H groups in total. The molecule has 152 valence electrons. The summed E-state index contributed by atoms with van der Waals surface area (Å²) in [5.41, 5.74) is 5.78. The maximum atomic E-state index is 11.8. The number of unbranched alkanes of at least 4 members (excludes halogenated alkanes) is 1. The van der Waals surface area contributed by atoms with Gasteiger partial charge in [0.25, 0.3) is 0 Å². The first-order valence-corrected chi connectivity index (χ1v) is 11.0. The Morgan fingerprint density at radius 2 is 1.83 bits per heavy atom. The van der Waals surface area contributed by atoms with Crippen LogP contribution in [0.1, 0.15) is 80.3 Å². The maximum Gasteiger partial charge on any atom is 0.336 e. The summed E-state index contributed by atoms with van der Waals surface area (Å²) in [5, 5.41) is 9.69. The molecule has 1 aliphatic rings. The molecule has 2 nitrogen and oxygen atoms in total. The average Bonchev–Trinajstić information content (AvgIpc) is 2.75. The van der Waals surface area contributed by atoms with Crippen LogP contribution in [0, 0.1) is 5.92 Å². The van der Waals surface area contributed by atoms with E-state index in [-0.39, 0.29) is 0 Å². The smallest absolute Gasteiger partial charge is 0.336 e. The number of carbonyl (C=O) groups is 1. The van der Waals surface area contributed by atoms with Gasteiger partial charge in [-0.15, -0.1) is 0 Å². The lowest BCUT2D eigenvalue weighted by atomic mass is 9.83. The number of carboxylic acid groups (broad SMARTS) is 1. The average molecular weight is 389 g/mol. The molecule has 0 aromatic heterocycles. The van der Waals surface area contributed by atoms with E-state index in [9.17, 15) is 9.90 Å². The molecule has 1 unspecified atom stereocenters. The van der Waals surface area contributed by atoms with E-state index in [1.54, 1.807) is 6.07 Å². The lowest BCUT2D eigenvalue weighted by Gasteiger charge is -2.22. The van der Waals surface area contributed by atoms with E-state index in [1.807, 2.05) is 18.2 Å². The van der Waals surface area contributed by atoms with Crippen LogP contribution in [0.15, 0.2) is 54.6 Å². The van der Waals surface area contributed by atoms with E-state index >= 15 is 0 Å². The van der Waals surface area contributed by atoms with Crippen molar-refractivity contribution in [1.29, 1.82) is 0 Å². The van der Waals surface area contributed by atoms with Crippen molar-refractivity contribution in [3.05, 3.63) is 71.3 Å². The van der Waals surface area contributed by atoms with Gasteiger partial charge in [-0.3, -0.25) is 0 Å². The highest BCUT2D eigenvalue weighted by atomic mass is 16.4. The molecule has 2 aromatic carbocycles. The third kappa shape index (κ3) is 5.47. The Labute approximate surface area is 175 Å². The Morgan fingerprint density at radius 3 is 2.45 bits per heavy atom. The minimum atomic E-state index is -0.876. The van der Waals surface area contributed by atoms with E-state index in [1.165, 1.54) is 24.8 Å². The van der Waals surface area contributed by atoms with Gasteiger partial charge in [0.05, 0.1) is 5.56 Å². The fourth-order valence-electron chi connectivity index (χ4n) is 4.15. The minimum Gasteiger partial charge on any atom is -0.478 e. The van der Waals surface area contributed by atoms with Gasteiger partial charge in [-0.05, 0) is 71.6 Å². The van der Waals surface area contributed by atoms with Crippen molar-refractivity contribution < 1.29 is 9.90 Å². The molecule has 0 fully saturated rings. The van der Waals surface area contributed by atoms with Gasteiger partial charge in [0, 0.05) is 0 Å². The van der Waals surface area contributed by atoms with Gasteiger partial charge >= 0.3 is 5.97 Å². The number of aromatic carboxylic acids is 1. The summed E-state index contributed by atoms with van der Waals surface area (Å²) in [5.74, 6) is -0.0751. The summed E-state index contributed by atoms with van der Waals surface area (Å²) in [6.07, 6.45) is 14.9. The number of hydrogen-bond donors (Lipinski definition) is 1. The molecule has 2 aromatic rings. The van der Waals surface area contributed by atoms with Crippen molar-refractivity contribution >= 4 is 17.6 Å². The highest BCUT2D eigenvalue weighted by Gasteiger charge is 2.17. The van der Waals surface area contributed by atoms with Gasteiger partial charge in [0.15, 0.2) is 0 Å². The molecule has 1 atom stereocenters. The van der Waals surface area contributed by atoms with Crippen molar-refractivity contribution in [3.63, 3.8) is 0 Å². The van der Waals surface area contributed by atoms with E-state index in [0.29, 0.717) is 5.56 Å². The van der Waals surface area contributed by atoms with Crippen molar-refractivity contribution in [3.8, 4) is 11.1 Å². The van der Waals surface area contributed by atoms with Crippen LogP contribution in [0.4, 0.5) is 0 Å². The number of carboxylic acids is 1. The summed E-state index contributed by atoms with van der Waals surface area (Å²) in [6, 6.07) is 14.0. The highest BCUT2D eigenvalue weighted by Crippen LogP contribution is 2.35. The van der Waals surface area contributed by atoms with E-state index in [2.05, 4.69) is 50.3 Å². The van der Waals surface area contributed by atoms with Gasteiger partial charge in [0.1, 0.15) is 0 Å². The summed E-state index contributed by atoms with van der Waals surface area (Å²) >= 11 is 0. The molecule has 0 saturated carbocycles. The first-order valence-electron chi connectivity index (χ1n) is 11.0. The highest BCUT2D eigenvalue weighted by molar-refractivity contribution is 5.97. The van der Waals surface area contributed by atoms with Crippen LogP contribution >= 0.6 is 0 Å². The Bertz CT molecular complexity index is 887. The number of hydrogen-bond acceptors (Lipinski definition) is 1. The van der Waals surface area contributed by atoms with Crippen LogP contribution in [0.2, 0.25) is 0 Å². The Hall–Kier alpha value is -2.61. The van der Waals surface area contributed by atoms with Gasteiger partial charge in [0.2, 0.25) is 0 Å². The third-order valence-electron chi connectivity index (χ3n) is 5.82. The summed E-state index contributed by atoms with van der Waals surface area (Å²) in [7, 11) is 0.